The molecule has 0 aliphatic carbocycles. The zero-order chi connectivity index (χ0) is 27.7. The number of Topliss-reactive ketones (excluding diaryl/α,β-unsaturated/α-hetero) is 2. The van der Waals surface area contributed by atoms with Gasteiger partial charge in [-0.2, -0.15) is 4.31 Å². The second-order valence-corrected chi connectivity index (χ2v) is 12.2. The van der Waals surface area contributed by atoms with E-state index in [2.05, 4.69) is 0 Å². The van der Waals surface area contributed by atoms with Crippen LogP contribution in [0, 0.1) is 5.41 Å². The molecule has 0 atom stereocenters. The molecule has 0 spiro atoms. The highest BCUT2D eigenvalue weighted by Crippen LogP contribution is 2.40. The number of carboxylic acid groups (broad SMARTS) is 1. The van der Waals surface area contributed by atoms with Crippen LogP contribution in [-0.2, 0) is 30.8 Å². The molecule has 1 heterocycles. The quantitative estimate of drug-likeness (QED) is 0.311. The number of nitrogens with zero attached hydrogens (tertiary/aromatic N) is 2. The highest BCUT2D eigenvalue weighted by atomic mass is 35.5. The van der Waals surface area contributed by atoms with Gasteiger partial charge >= 0.3 is 5.97 Å². The predicted molar refractivity (Wildman–Crippen MR) is 146 cm³/mol. The van der Waals surface area contributed by atoms with Gasteiger partial charge in [-0.15, -0.1) is 0 Å². The van der Waals surface area contributed by atoms with E-state index in [0.29, 0.717) is 10.4 Å². The Hall–Kier alpha value is -3.27. The molecule has 4 rings (SSSR count). The molecular formula is C28H29ClN2O6S. The maximum atomic E-state index is 13.8. The topological polar surface area (TPSA) is 112 Å². The van der Waals surface area contributed by atoms with Gasteiger partial charge in [0.2, 0.25) is 15.8 Å². The summed E-state index contributed by atoms with van der Waals surface area (Å²) in [4.78, 5) is 38.5. The van der Waals surface area contributed by atoms with E-state index in [1.165, 1.54) is 4.31 Å². The van der Waals surface area contributed by atoms with E-state index in [1.54, 1.807) is 42.5 Å². The molecule has 0 radical (unpaired) electrons. The van der Waals surface area contributed by atoms with E-state index in [-0.39, 0.29) is 37.2 Å². The molecule has 1 aliphatic heterocycles. The molecule has 1 fully saturated rings. The van der Waals surface area contributed by atoms with Crippen molar-refractivity contribution in [2.45, 2.75) is 30.6 Å². The Balaban J connectivity index is 1.65. The second kappa shape index (κ2) is 10.8. The summed E-state index contributed by atoms with van der Waals surface area (Å²) in [7, 11) is -0.105. The SMILES string of the molecule is CN(C)c1cccc2c(S(=O)(=O)N3CCC(Cc4ccc(Cl)cc4)(C(=O)CC(=O)C(=O)O)CC3)cccc12. The molecule has 0 saturated carbocycles. The number of hydrogen-bond acceptors (Lipinski definition) is 6. The van der Waals surface area contributed by atoms with Crippen molar-refractivity contribution in [3.05, 3.63) is 71.2 Å². The molecule has 0 unspecified atom stereocenters. The smallest absolute Gasteiger partial charge is 0.372 e. The minimum absolute atomic E-state index is 0.0622. The van der Waals surface area contributed by atoms with Gasteiger partial charge in [0, 0.05) is 54.1 Å². The van der Waals surface area contributed by atoms with Crippen LogP contribution in [0.4, 0.5) is 5.69 Å². The van der Waals surface area contributed by atoms with Crippen molar-refractivity contribution < 1.29 is 27.9 Å². The zero-order valence-electron chi connectivity index (χ0n) is 21.2. The first-order valence-electron chi connectivity index (χ1n) is 12.2. The van der Waals surface area contributed by atoms with Crippen LogP contribution in [0.25, 0.3) is 10.8 Å². The minimum atomic E-state index is -3.90. The molecule has 8 nitrogen and oxygen atoms in total. The number of hydrogen-bond donors (Lipinski definition) is 1. The first-order valence-corrected chi connectivity index (χ1v) is 14.0. The molecule has 0 bridgehead atoms. The molecule has 0 amide bonds. The third-order valence-corrected chi connectivity index (χ3v) is 9.45. The molecule has 1 saturated heterocycles. The molecule has 10 heteroatoms. The molecular weight excluding hydrogens is 528 g/mol. The predicted octanol–water partition coefficient (Wildman–Crippen LogP) is 4.19. The van der Waals surface area contributed by atoms with Gasteiger partial charge in [-0.3, -0.25) is 9.59 Å². The molecule has 200 valence electrons. The lowest BCUT2D eigenvalue weighted by atomic mass is 9.70. The van der Waals surface area contributed by atoms with Crippen molar-refractivity contribution in [2.75, 3.05) is 32.1 Å². The van der Waals surface area contributed by atoms with E-state index in [9.17, 15) is 22.8 Å². The van der Waals surface area contributed by atoms with Crippen LogP contribution in [-0.4, -0.2) is 62.6 Å². The fraction of sp³-hybridized carbons (Fsp3) is 0.321. The van der Waals surface area contributed by atoms with Gasteiger partial charge in [-0.25, -0.2) is 13.2 Å². The van der Waals surface area contributed by atoms with Crippen LogP contribution < -0.4 is 4.90 Å². The molecule has 3 aromatic carbocycles. The lowest BCUT2D eigenvalue weighted by Crippen LogP contribution is -2.48. The maximum Gasteiger partial charge on any atom is 0.372 e. The number of halogens is 1. The van der Waals surface area contributed by atoms with Crippen LogP contribution >= 0.6 is 11.6 Å². The number of anilines is 1. The number of fused-ring (bicyclic) bond motifs is 1. The van der Waals surface area contributed by atoms with E-state index in [1.807, 2.05) is 37.2 Å². The third-order valence-electron chi connectivity index (χ3n) is 7.25. The fourth-order valence-corrected chi connectivity index (χ4v) is 6.90. The Morgan fingerprint density at radius 2 is 1.55 bits per heavy atom. The fourth-order valence-electron chi connectivity index (χ4n) is 5.13. The van der Waals surface area contributed by atoms with E-state index >= 15 is 0 Å². The van der Waals surface area contributed by atoms with Gasteiger partial charge in [0.15, 0.2) is 0 Å². The van der Waals surface area contributed by atoms with Crippen molar-refractivity contribution in [1.82, 2.24) is 4.31 Å². The standard InChI is InChI=1S/C28H29ClN2O6S/c1-30(2)23-7-3-6-22-21(23)5-4-8-25(22)38(36,37)31-15-13-28(14-16-31,26(33)17-24(32)27(34)35)18-19-9-11-20(29)12-10-19/h3-12H,13-18H2,1-2H3,(H,34,35). The highest BCUT2D eigenvalue weighted by Gasteiger charge is 2.44. The number of carbonyl (C=O) groups excluding carboxylic acids is 2. The first kappa shape index (κ1) is 27.8. The van der Waals surface area contributed by atoms with Crippen molar-refractivity contribution in [1.29, 1.82) is 0 Å². The Morgan fingerprint density at radius 3 is 2.16 bits per heavy atom. The number of carbonyl (C=O) groups is 3. The van der Waals surface area contributed by atoms with E-state index in [0.717, 1.165) is 16.6 Å². The van der Waals surface area contributed by atoms with Gasteiger partial charge in [0.05, 0.1) is 11.3 Å². The molecule has 1 aliphatic rings. The van der Waals surface area contributed by atoms with E-state index < -0.39 is 39.4 Å². The summed E-state index contributed by atoms with van der Waals surface area (Å²) in [6.45, 7) is 0.124. The number of carboxylic acids is 1. The summed E-state index contributed by atoms with van der Waals surface area (Å²) >= 11 is 6.00. The minimum Gasteiger partial charge on any atom is -0.475 e. The van der Waals surface area contributed by atoms with Crippen LogP contribution in [0.1, 0.15) is 24.8 Å². The molecule has 3 aromatic rings. The third kappa shape index (κ3) is 5.45. The van der Waals surface area contributed by atoms with Crippen molar-refractivity contribution >= 4 is 55.6 Å². The van der Waals surface area contributed by atoms with E-state index in [4.69, 9.17) is 16.7 Å². The van der Waals surface area contributed by atoms with Gasteiger partial charge in [-0.1, -0.05) is 48.0 Å². The van der Waals surface area contributed by atoms with Crippen molar-refractivity contribution in [3.63, 3.8) is 0 Å². The van der Waals surface area contributed by atoms with Crippen LogP contribution in [0.2, 0.25) is 5.02 Å². The molecule has 1 N–H and O–H groups in total. The van der Waals surface area contributed by atoms with Crippen LogP contribution in [0.3, 0.4) is 0 Å². The van der Waals surface area contributed by atoms with Crippen LogP contribution in [0.5, 0.6) is 0 Å². The largest absolute Gasteiger partial charge is 0.475 e. The van der Waals surface area contributed by atoms with Gasteiger partial charge < -0.3 is 10.0 Å². The maximum absolute atomic E-state index is 13.8. The Morgan fingerprint density at radius 1 is 0.947 bits per heavy atom. The normalized spacial score (nSPS) is 15.8. The first-order chi connectivity index (χ1) is 17.9. The lowest BCUT2D eigenvalue weighted by molar-refractivity contribution is -0.151. The summed E-state index contributed by atoms with van der Waals surface area (Å²) in [6, 6.07) is 17.7. The monoisotopic (exact) mass is 556 g/mol. The number of sulfonamides is 1. The number of piperidine rings is 1. The average Bonchev–Trinajstić information content (AvgIpc) is 2.89. The van der Waals surface area contributed by atoms with Gasteiger partial charge in [0.1, 0.15) is 5.78 Å². The molecule has 38 heavy (non-hydrogen) atoms. The second-order valence-electron chi connectivity index (χ2n) is 9.84. The number of rotatable bonds is 9. The summed E-state index contributed by atoms with van der Waals surface area (Å²) in [6.07, 6.45) is -0.154. The Bertz CT molecular complexity index is 1490. The lowest BCUT2D eigenvalue weighted by Gasteiger charge is -2.40. The summed E-state index contributed by atoms with van der Waals surface area (Å²) in [5.41, 5.74) is 0.628. The highest BCUT2D eigenvalue weighted by molar-refractivity contribution is 7.89. The summed E-state index contributed by atoms with van der Waals surface area (Å²) in [5.74, 6) is -3.32. The average molecular weight is 557 g/mol. The van der Waals surface area contributed by atoms with Crippen LogP contribution in [0.15, 0.2) is 65.6 Å². The Labute approximate surface area is 226 Å². The van der Waals surface area contributed by atoms with Gasteiger partial charge in [-0.05, 0) is 49.1 Å². The number of benzene rings is 3. The Kier molecular flexibility index (Phi) is 7.92. The van der Waals surface area contributed by atoms with Gasteiger partial charge in [0.25, 0.3) is 0 Å². The molecule has 0 aromatic heterocycles. The number of ketones is 2. The summed E-state index contributed by atoms with van der Waals surface area (Å²) < 4.78 is 29.0. The number of aliphatic carboxylic acids is 1. The van der Waals surface area contributed by atoms with Crippen molar-refractivity contribution in [3.8, 4) is 0 Å². The summed E-state index contributed by atoms with van der Waals surface area (Å²) in [5, 5.41) is 11.0. The zero-order valence-corrected chi connectivity index (χ0v) is 22.8. The van der Waals surface area contributed by atoms with Crippen molar-refractivity contribution in [2.24, 2.45) is 5.41 Å².